The van der Waals surface area contributed by atoms with E-state index >= 15 is 0 Å². The van der Waals surface area contributed by atoms with Crippen LogP contribution in [0.5, 0.6) is 11.5 Å². The van der Waals surface area contributed by atoms with E-state index in [9.17, 15) is 0 Å². The van der Waals surface area contributed by atoms with Crippen molar-refractivity contribution in [1.82, 2.24) is 19.0 Å². The van der Waals surface area contributed by atoms with Gasteiger partial charge in [0.1, 0.15) is 5.82 Å². The molecule has 4 heterocycles. The Morgan fingerprint density at radius 1 is 0.649 bits per heavy atom. The number of rotatable bonds is 6. The molecule has 8 heteroatoms. The van der Waals surface area contributed by atoms with Crippen molar-refractivity contribution in [3.63, 3.8) is 0 Å². The molecule has 0 radical (unpaired) electrons. The molecule has 57 heavy (non-hydrogen) atoms. The number of benzene rings is 6. The Kier molecular flexibility index (Phi) is 9.22. The summed E-state index contributed by atoms with van der Waals surface area (Å²) in [6.45, 7) is 6.50. The van der Waals surface area contributed by atoms with Gasteiger partial charge in [0.05, 0.1) is 0 Å². The van der Waals surface area contributed by atoms with Gasteiger partial charge < -0.3 is 18.6 Å². The number of pyridine rings is 1. The maximum Gasteiger partial charge on any atom is 2.00 e. The molecule has 3 aromatic heterocycles. The van der Waals surface area contributed by atoms with E-state index in [0.717, 1.165) is 44.7 Å². The van der Waals surface area contributed by atoms with Crippen LogP contribution < -0.4 is 15.0 Å². The van der Waals surface area contributed by atoms with Crippen LogP contribution in [0.15, 0.2) is 158 Å². The number of aromatic nitrogens is 4. The Labute approximate surface area is 347 Å². The molecule has 0 atom stereocenters. The zero-order valence-electron chi connectivity index (χ0n) is 32.0. The van der Waals surface area contributed by atoms with Crippen LogP contribution in [-0.2, 0) is 26.5 Å². The van der Waals surface area contributed by atoms with E-state index in [1.165, 1.54) is 33.3 Å². The molecule has 6 nitrogen and oxygen atoms in total. The maximum absolute atomic E-state index is 6.61. The zero-order chi connectivity index (χ0) is 38.0. The van der Waals surface area contributed by atoms with Crippen LogP contribution in [0.1, 0.15) is 26.3 Å². The van der Waals surface area contributed by atoms with Gasteiger partial charge in [-0.15, -0.1) is 23.6 Å². The summed E-state index contributed by atoms with van der Waals surface area (Å²) in [7, 11) is 2.15. The average Bonchev–Trinajstić information content (AvgIpc) is 3.85. The van der Waals surface area contributed by atoms with Crippen LogP contribution in [0.2, 0.25) is 0 Å². The Hall–Kier alpha value is -6.17. The van der Waals surface area contributed by atoms with Gasteiger partial charge in [0, 0.05) is 41.4 Å². The second-order valence-corrected chi connectivity index (χ2v) is 15.4. The van der Waals surface area contributed by atoms with Crippen molar-refractivity contribution in [2.45, 2.75) is 26.2 Å². The minimum Gasteiger partial charge on any atom is -0.503 e. The summed E-state index contributed by atoms with van der Waals surface area (Å²) in [5.74, 6) is 2.87. The summed E-state index contributed by atoms with van der Waals surface area (Å²) in [5, 5.41) is 2.23. The van der Waals surface area contributed by atoms with E-state index < -0.39 is 0 Å². The zero-order valence-corrected chi connectivity index (χ0v) is 34.3. The van der Waals surface area contributed by atoms with Crippen molar-refractivity contribution in [1.29, 1.82) is 0 Å². The van der Waals surface area contributed by atoms with Crippen LogP contribution >= 0.6 is 0 Å². The van der Waals surface area contributed by atoms with Crippen molar-refractivity contribution in [2.24, 2.45) is 0 Å². The molecule has 6 aromatic carbocycles. The molecule has 0 amide bonds. The number of anilines is 1. The summed E-state index contributed by atoms with van der Waals surface area (Å²) in [4.78, 5) is 12.1. The molecular weight excluding hydrogens is 880 g/mol. The molecule has 0 unspecified atom stereocenters. The predicted octanol–water partition coefficient (Wildman–Crippen LogP) is 10.8. The molecule has 0 aliphatic carbocycles. The van der Waals surface area contributed by atoms with Crippen molar-refractivity contribution < 1.29 is 25.8 Å². The Morgan fingerprint density at radius 2 is 1.32 bits per heavy atom. The minimum atomic E-state index is -0.171. The number of hydrogen-bond acceptors (Lipinski definition) is 4. The molecule has 0 spiro atoms. The first-order valence-electron chi connectivity index (χ1n) is 19.0. The molecule has 0 fully saturated rings. The van der Waals surface area contributed by atoms with Crippen LogP contribution in [0, 0.1) is 12.1 Å². The molecule has 0 saturated carbocycles. The van der Waals surface area contributed by atoms with Crippen LogP contribution in [0.3, 0.4) is 0 Å². The number of para-hydroxylation sites is 1. The van der Waals surface area contributed by atoms with Crippen LogP contribution in [-0.4, -0.2) is 33.0 Å². The number of nitrogens with zero attached hydrogens (tertiary/aromatic N) is 5. The smallest absolute Gasteiger partial charge is 0.503 e. The van der Waals surface area contributed by atoms with Crippen molar-refractivity contribution in [3.05, 3.63) is 176 Å². The van der Waals surface area contributed by atoms with E-state index in [1.54, 1.807) is 0 Å². The topological polar surface area (TPSA) is 48.1 Å². The van der Waals surface area contributed by atoms with Crippen LogP contribution in [0.4, 0.5) is 5.69 Å². The molecule has 278 valence electrons. The first-order chi connectivity index (χ1) is 27.3. The molecule has 9 aromatic rings. The average molecular weight is 919 g/mol. The molecule has 1 aliphatic heterocycles. The van der Waals surface area contributed by atoms with Gasteiger partial charge in [-0.25, -0.2) is 4.98 Å². The first-order valence-corrected chi connectivity index (χ1v) is 19.0. The fraction of sp³-hybridized carbons (Fsp3) is 0.102. The number of ether oxygens (including phenoxy) is 1. The molecule has 0 N–H and O–H groups in total. The van der Waals surface area contributed by atoms with Gasteiger partial charge in [-0.3, -0.25) is 4.98 Å². The molecular formula is C49H38BN5OPt. The molecule has 0 bridgehead atoms. The third-order valence-electron chi connectivity index (χ3n) is 11.0. The minimum absolute atomic E-state index is 0. The van der Waals surface area contributed by atoms with E-state index in [4.69, 9.17) is 14.7 Å². The number of hydrogen-bond donors (Lipinski definition) is 0. The number of fused-ring (bicyclic) bond motifs is 6. The standard InChI is InChI=1S/C49H38BN5O.Pt/c1-49(2,3)35-26-27-51-46(30-35)55-44-21-12-11-18-40(44)41-24-22-37(32-45(41)55)56-36-23-25-43-42(31-36)48-52-28-29-54(48)50(53(43)4)47-38(33-14-7-5-8-15-33)19-13-20-39(47)34-16-9-6-10-17-34;/h5-30H,1-4H3;/q-2;+2. The van der Waals surface area contributed by atoms with Gasteiger partial charge in [0.25, 0.3) is 0 Å². The van der Waals surface area contributed by atoms with E-state index in [-0.39, 0.29) is 33.5 Å². The summed E-state index contributed by atoms with van der Waals surface area (Å²) < 4.78 is 11.1. The Bertz CT molecular complexity index is 2860. The van der Waals surface area contributed by atoms with Gasteiger partial charge in [0.2, 0.25) is 0 Å². The maximum atomic E-state index is 6.61. The quantitative estimate of drug-likeness (QED) is 0.123. The van der Waals surface area contributed by atoms with Gasteiger partial charge in [-0.2, -0.15) is 6.07 Å². The predicted molar refractivity (Wildman–Crippen MR) is 229 cm³/mol. The van der Waals surface area contributed by atoms with E-state index in [1.807, 2.05) is 24.5 Å². The Morgan fingerprint density at radius 3 is 2.04 bits per heavy atom. The SMILES string of the molecule is CN1B(c2c(-c3ccccc3)cccc2-c2ccccc2)n2ccnc2-c2[c-]c(Oc3[c-]c4c(cc3)c3ccccc3n4-c3cc(C(C)(C)C)ccn3)ccc21.[Pt+2]. The summed E-state index contributed by atoms with van der Waals surface area (Å²) in [5.41, 5.74) is 11.0. The second-order valence-electron chi connectivity index (χ2n) is 15.4. The van der Waals surface area contributed by atoms with Gasteiger partial charge in [-0.05, 0) is 69.3 Å². The van der Waals surface area contributed by atoms with E-state index in [2.05, 4.69) is 187 Å². The molecule has 0 saturated heterocycles. The normalized spacial score (nSPS) is 12.4. The fourth-order valence-electron chi connectivity index (χ4n) is 8.23. The number of imidazole rings is 1. The molecule has 10 rings (SSSR count). The second kappa shape index (κ2) is 14.4. The van der Waals surface area contributed by atoms with Gasteiger partial charge >= 0.3 is 28.0 Å². The summed E-state index contributed by atoms with van der Waals surface area (Å²) in [6.07, 6.45) is 5.84. The first kappa shape index (κ1) is 36.5. The largest absolute Gasteiger partial charge is 2.00 e. The third-order valence-corrected chi connectivity index (χ3v) is 11.0. The summed E-state index contributed by atoms with van der Waals surface area (Å²) >= 11 is 0. The Balaban J connectivity index is 0.00000422. The fourth-order valence-corrected chi connectivity index (χ4v) is 8.23. The van der Waals surface area contributed by atoms with Crippen molar-refractivity contribution >= 4 is 39.9 Å². The summed E-state index contributed by atoms with van der Waals surface area (Å²) in [6, 6.07) is 56.0. The van der Waals surface area contributed by atoms with E-state index in [0.29, 0.717) is 11.5 Å². The van der Waals surface area contributed by atoms with Gasteiger partial charge in [-0.1, -0.05) is 147 Å². The monoisotopic (exact) mass is 918 g/mol. The van der Waals surface area contributed by atoms with Crippen LogP contribution in [0.25, 0.3) is 61.3 Å². The van der Waals surface area contributed by atoms with Crippen molar-refractivity contribution in [3.8, 4) is 51.0 Å². The molecule has 1 aliphatic rings. The third kappa shape index (κ3) is 6.27. The van der Waals surface area contributed by atoms with Gasteiger partial charge in [0.15, 0.2) is 0 Å². The van der Waals surface area contributed by atoms with Crippen molar-refractivity contribution in [2.75, 3.05) is 11.9 Å².